The number of hydrogen-bond acceptors (Lipinski definition) is 5. The molecule has 2 aromatic rings. The van der Waals surface area contributed by atoms with Crippen LogP contribution in [0.1, 0.15) is 53.4 Å². The molecule has 1 unspecified atom stereocenters. The van der Waals surface area contributed by atoms with Crippen LogP contribution in [0.15, 0.2) is 41.7 Å². The van der Waals surface area contributed by atoms with E-state index in [4.69, 9.17) is 4.74 Å². The van der Waals surface area contributed by atoms with E-state index in [2.05, 4.69) is 6.58 Å². The number of aromatic nitrogens is 1. The number of carbonyl (C=O) groups excluding carboxylic acids is 1. The van der Waals surface area contributed by atoms with Crippen molar-refractivity contribution in [3.63, 3.8) is 0 Å². The number of benzene rings is 1. The minimum atomic E-state index is -0.591. The van der Waals surface area contributed by atoms with E-state index in [1.807, 2.05) is 13.0 Å². The molecule has 0 spiro atoms. The topological polar surface area (TPSA) is 92.3 Å². The number of carbonyl (C=O) groups is 1. The fourth-order valence-corrected chi connectivity index (χ4v) is 2.79. The van der Waals surface area contributed by atoms with Crippen molar-refractivity contribution in [1.82, 2.24) is 4.57 Å². The zero-order chi connectivity index (χ0) is 20.1. The van der Waals surface area contributed by atoms with Gasteiger partial charge >= 0.3 is 0 Å². The van der Waals surface area contributed by atoms with Crippen molar-refractivity contribution in [1.29, 1.82) is 5.26 Å². The van der Waals surface area contributed by atoms with E-state index >= 15 is 0 Å². The molecule has 1 N–H and O–H groups in total. The molecule has 0 saturated carbocycles. The van der Waals surface area contributed by atoms with Gasteiger partial charge in [-0.1, -0.05) is 19.6 Å². The monoisotopic (exact) mass is 366 g/mol. The van der Waals surface area contributed by atoms with E-state index < -0.39 is 17.2 Å². The van der Waals surface area contributed by atoms with Gasteiger partial charge in [0.05, 0.1) is 5.56 Å². The first kappa shape index (κ1) is 20.0. The molecular formula is C21H22N2O4. The van der Waals surface area contributed by atoms with Crippen molar-refractivity contribution >= 4 is 5.78 Å². The second kappa shape index (κ2) is 8.37. The predicted octanol–water partition coefficient (Wildman–Crippen LogP) is 3.50. The normalized spacial score (nSPS) is 11.5. The Labute approximate surface area is 158 Å². The van der Waals surface area contributed by atoms with Crippen LogP contribution >= 0.6 is 0 Å². The average Bonchev–Trinajstić information content (AvgIpc) is 2.66. The SMILES string of the molecule is C=CCOc1ccc(C(=O)c2c(C)c(C#N)c(=O)n(C(C)CC)c2O)cc1. The summed E-state index contributed by atoms with van der Waals surface area (Å²) in [7, 11) is 0. The number of ether oxygens (including phenoxy) is 1. The lowest BCUT2D eigenvalue weighted by Crippen LogP contribution is -2.28. The molecular weight excluding hydrogens is 344 g/mol. The number of nitriles is 1. The molecule has 140 valence electrons. The highest BCUT2D eigenvalue weighted by molar-refractivity contribution is 6.11. The molecule has 0 bridgehead atoms. The second-order valence-corrected chi connectivity index (χ2v) is 6.20. The molecule has 0 fully saturated rings. The third kappa shape index (κ3) is 3.77. The highest BCUT2D eigenvalue weighted by atomic mass is 16.5. The summed E-state index contributed by atoms with van der Waals surface area (Å²) in [6.07, 6.45) is 2.17. The van der Waals surface area contributed by atoms with Gasteiger partial charge in [0.2, 0.25) is 5.88 Å². The standard InChI is InChI=1S/C21H22N2O4/c1-5-11-27-16-9-7-15(8-10-16)19(24)18-14(4)17(12-22)20(25)23(21(18)26)13(3)6-2/h5,7-10,13,26H,1,6,11H2,2-4H3. The van der Waals surface area contributed by atoms with Crippen molar-refractivity contribution in [2.75, 3.05) is 6.61 Å². The third-order valence-electron chi connectivity index (χ3n) is 4.49. The summed E-state index contributed by atoms with van der Waals surface area (Å²) in [5.41, 5.74) is -0.269. The Morgan fingerprint density at radius 1 is 1.41 bits per heavy atom. The van der Waals surface area contributed by atoms with E-state index in [9.17, 15) is 20.0 Å². The Morgan fingerprint density at radius 3 is 2.56 bits per heavy atom. The lowest BCUT2D eigenvalue weighted by molar-refractivity contribution is 0.103. The summed E-state index contributed by atoms with van der Waals surface area (Å²) in [5, 5.41) is 20.1. The van der Waals surface area contributed by atoms with Crippen LogP contribution in [-0.2, 0) is 0 Å². The number of pyridine rings is 1. The summed E-state index contributed by atoms with van der Waals surface area (Å²) in [4.78, 5) is 25.6. The van der Waals surface area contributed by atoms with Gasteiger partial charge < -0.3 is 9.84 Å². The van der Waals surface area contributed by atoms with E-state index in [-0.39, 0.29) is 22.7 Å². The van der Waals surface area contributed by atoms with Gasteiger partial charge in [-0.05, 0) is 50.1 Å². The molecule has 0 aliphatic heterocycles. The van der Waals surface area contributed by atoms with Crippen LogP contribution in [0.2, 0.25) is 0 Å². The Kier molecular flexibility index (Phi) is 6.19. The summed E-state index contributed by atoms with van der Waals surface area (Å²) in [6, 6.07) is 7.93. The molecule has 1 heterocycles. The van der Waals surface area contributed by atoms with Gasteiger partial charge in [-0.3, -0.25) is 14.2 Å². The first-order chi connectivity index (χ1) is 12.9. The lowest BCUT2D eigenvalue weighted by Gasteiger charge is -2.19. The Morgan fingerprint density at radius 2 is 2.04 bits per heavy atom. The van der Waals surface area contributed by atoms with Crippen LogP contribution < -0.4 is 10.3 Å². The zero-order valence-corrected chi connectivity index (χ0v) is 15.7. The minimum Gasteiger partial charge on any atom is -0.494 e. The molecule has 27 heavy (non-hydrogen) atoms. The van der Waals surface area contributed by atoms with Gasteiger partial charge in [0.15, 0.2) is 5.78 Å². The number of ketones is 1. The van der Waals surface area contributed by atoms with Crippen LogP contribution in [0.25, 0.3) is 0 Å². The van der Waals surface area contributed by atoms with Crippen molar-refractivity contribution < 1.29 is 14.6 Å². The molecule has 0 saturated heterocycles. The molecule has 1 aromatic heterocycles. The van der Waals surface area contributed by atoms with Crippen molar-refractivity contribution in [3.05, 3.63) is 69.5 Å². The van der Waals surface area contributed by atoms with Gasteiger partial charge in [-0.2, -0.15) is 5.26 Å². The Balaban J connectivity index is 2.60. The summed E-state index contributed by atoms with van der Waals surface area (Å²) in [6.45, 7) is 9.01. The van der Waals surface area contributed by atoms with Gasteiger partial charge in [-0.25, -0.2) is 0 Å². The summed E-state index contributed by atoms with van der Waals surface area (Å²) in [5.74, 6) is -0.300. The number of aromatic hydroxyl groups is 1. The summed E-state index contributed by atoms with van der Waals surface area (Å²) < 4.78 is 6.50. The first-order valence-corrected chi connectivity index (χ1v) is 8.63. The van der Waals surface area contributed by atoms with Crippen molar-refractivity contribution in [2.24, 2.45) is 0 Å². The van der Waals surface area contributed by atoms with Crippen LogP contribution in [0.3, 0.4) is 0 Å². The highest BCUT2D eigenvalue weighted by Gasteiger charge is 2.26. The maximum Gasteiger partial charge on any atom is 0.271 e. The molecule has 1 aromatic carbocycles. The van der Waals surface area contributed by atoms with Gasteiger partial charge in [0.1, 0.15) is 24.0 Å². The van der Waals surface area contributed by atoms with E-state index in [0.717, 1.165) is 4.57 Å². The largest absolute Gasteiger partial charge is 0.494 e. The number of rotatable bonds is 7. The van der Waals surface area contributed by atoms with Gasteiger partial charge in [0, 0.05) is 11.6 Å². The average molecular weight is 366 g/mol. The van der Waals surface area contributed by atoms with E-state index in [1.165, 1.54) is 6.92 Å². The van der Waals surface area contributed by atoms with Crippen LogP contribution in [0, 0.1) is 18.3 Å². The molecule has 6 nitrogen and oxygen atoms in total. The van der Waals surface area contributed by atoms with Crippen LogP contribution in [0.4, 0.5) is 0 Å². The highest BCUT2D eigenvalue weighted by Crippen LogP contribution is 2.28. The molecule has 0 radical (unpaired) electrons. The predicted molar refractivity (Wildman–Crippen MR) is 102 cm³/mol. The van der Waals surface area contributed by atoms with Gasteiger partial charge in [-0.15, -0.1) is 0 Å². The molecule has 0 aliphatic rings. The van der Waals surface area contributed by atoms with Gasteiger partial charge in [0.25, 0.3) is 5.56 Å². The molecule has 0 aliphatic carbocycles. The fraction of sp³-hybridized carbons (Fsp3) is 0.286. The maximum atomic E-state index is 13.0. The fourth-order valence-electron chi connectivity index (χ4n) is 2.79. The van der Waals surface area contributed by atoms with Crippen molar-refractivity contribution in [3.8, 4) is 17.7 Å². The lowest BCUT2D eigenvalue weighted by atomic mass is 9.96. The third-order valence-corrected chi connectivity index (χ3v) is 4.49. The summed E-state index contributed by atoms with van der Waals surface area (Å²) >= 11 is 0. The van der Waals surface area contributed by atoms with Crippen LogP contribution in [0.5, 0.6) is 11.6 Å². The molecule has 6 heteroatoms. The number of hydrogen-bond donors (Lipinski definition) is 1. The first-order valence-electron chi connectivity index (χ1n) is 8.63. The zero-order valence-electron chi connectivity index (χ0n) is 15.7. The maximum absolute atomic E-state index is 13.0. The number of nitrogens with zero attached hydrogens (tertiary/aromatic N) is 2. The minimum absolute atomic E-state index is 0.0359. The molecule has 0 amide bonds. The van der Waals surface area contributed by atoms with Crippen molar-refractivity contribution in [2.45, 2.75) is 33.2 Å². The Bertz CT molecular complexity index is 966. The van der Waals surface area contributed by atoms with E-state index in [0.29, 0.717) is 24.3 Å². The van der Waals surface area contributed by atoms with E-state index in [1.54, 1.807) is 37.3 Å². The smallest absolute Gasteiger partial charge is 0.271 e. The van der Waals surface area contributed by atoms with Crippen LogP contribution in [-0.4, -0.2) is 22.1 Å². The molecule has 1 atom stereocenters. The second-order valence-electron chi connectivity index (χ2n) is 6.20. The molecule has 2 rings (SSSR count). The Hall–Kier alpha value is -3.33. The quantitative estimate of drug-likeness (QED) is 0.598.